The third kappa shape index (κ3) is 8.81. The van der Waals surface area contributed by atoms with Gasteiger partial charge in [-0.15, -0.1) is 0 Å². The number of ether oxygens (including phenoxy) is 1. The van der Waals surface area contributed by atoms with Crippen molar-refractivity contribution in [1.82, 2.24) is 26.0 Å². The highest BCUT2D eigenvalue weighted by molar-refractivity contribution is 7.89. The zero-order chi connectivity index (χ0) is 30.5. The maximum Gasteiger partial charge on any atom is 0.413 e. The molecular formula is C25H34N6O9S. The summed E-state index contributed by atoms with van der Waals surface area (Å²) in [5, 5.41) is 25.9. The highest BCUT2D eigenvalue weighted by Crippen LogP contribution is 2.27. The van der Waals surface area contributed by atoms with Crippen LogP contribution in [-0.4, -0.2) is 66.8 Å². The number of carbonyl (C=O) groups is 3. The summed E-state index contributed by atoms with van der Waals surface area (Å²) in [5.74, 6) is -2.12. The summed E-state index contributed by atoms with van der Waals surface area (Å²) < 4.78 is 37.3. The number of carboxylic acids is 1. The van der Waals surface area contributed by atoms with Gasteiger partial charge in [-0.3, -0.25) is 25.2 Å². The Morgan fingerprint density at radius 2 is 1.88 bits per heavy atom. The quantitative estimate of drug-likeness (QED) is 0.170. The zero-order valence-electron chi connectivity index (χ0n) is 23.2. The number of aliphatic carboxylic acids is 1. The van der Waals surface area contributed by atoms with Gasteiger partial charge in [0.15, 0.2) is 5.76 Å². The molecule has 0 radical (unpaired) electrons. The first-order valence-corrected chi connectivity index (χ1v) is 14.1. The van der Waals surface area contributed by atoms with Crippen molar-refractivity contribution in [3.8, 4) is 0 Å². The Balaban J connectivity index is 1.49. The molecule has 0 aliphatic carbocycles. The largest absolute Gasteiger partial charge is 0.480 e. The first-order valence-electron chi connectivity index (χ1n) is 12.6. The van der Waals surface area contributed by atoms with Gasteiger partial charge in [-0.2, -0.15) is 10.2 Å². The van der Waals surface area contributed by atoms with E-state index in [9.17, 15) is 27.9 Å². The molecule has 1 saturated heterocycles. The highest BCUT2D eigenvalue weighted by Gasteiger charge is 2.32. The lowest BCUT2D eigenvalue weighted by molar-refractivity contribution is -0.139. The smallest absolute Gasteiger partial charge is 0.413 e. The van der Waals surface area contributed by atoms with Crippen molar-refractivity contribution in [3.05, 3.63) is 46.8 Å². The van der Waals surface area contributed by atoms with Gasteiger partial charge in [0.2, 0.25) is 15.9 Å². The van der Waals surface area contributed by atoms with Gasteiger partial charge in [0, 0.05) is 12.1 Å². The van der Waals surface area contributed by atoms with E-state index in [0.29, 0.717) is 12.0 Å². The van der Waals surface area contributed by atoms with E-state index >= 15 is 0 Å². The van der Waals surface area contributed by atoms with Crippen LogP contribution in [0.2, 0.25) is 0 Å². The Labute approximate surface area is 236 Å². The number of carboxylic acid groups (broad SMARTS) is 1. The molecule has 16 heteroatoms. The van der Waals surface area contributed by atoms with E-state index < -0.39 is 52.3 Å². The zero-order valence-corrected chi connectivity index (χ0v) is 24.0. The number of carbonyl (C=O) groups excluding carboxylic acids is 2. The number of sulfonamides is 1. The van der Waals surface area contributed by atoms with Crippen LogP contribution < -0.4 is 20.8 Å². The monoisotopic (exact) mass is 594 g/mol. The fourth-order valence-electron chi connectivity index (χ4n) is 4.01. The van der Waals surface area contributed by atoms with Gasteiger partial charge in [-0.25, -0.2) is 13.2 Å². The number of alkyl carbamates (subject to hydrolysis) is 1. The lowest BCUT2D eigenvalue weighted by Crippen LogP contribution is -2.48. The minimum Gasteiger partial charge on any atom is -0.480 e. The van der Waals surface area contributed by atoms with Gasteiger partial charge in [0.25, 0.3) is 0 Å². The van der Waals surface area contributed by atoms with Crippen molar-refractivity contribution in [2.45, 2.75) is 76.1 Å². The Morgan fingerprint density at radius 1 is 1.22 bits per heavy atom. The number of nitrogens with one attached hydrogen (secondary N) is 5. The number of amides is 2. The van der Waals surface area contributed by atoms with Crippen LogP contribution in [0.3, 0.4) is 0 Å². The van der Waals surface area contributed by atoms with Crippen LogP contribution >= 0.6 is 0 Å². The molecule has 3 atom stereocenters. The van der Waals surface area contributed by atoms with Crippen molar-refractivity contribution in [2.75, 3.05) is 6.54 Å². The predicted octanol–water partition coefficient (Wildman–Crippen LogP) is 1.41. The number of benzene rings is 1. The summed E-state index contributed by atoms with van der Waals surface area (Å²) in [7, 11) is -4.27. The summed E-state index contributed by atoms with van der Waals surface area (Å²) in [6.45, 7) is 7.47. The van der Waals surface area contributed by atoms with Gasteiger partial charge in [-0.05, 0) is 46.6 Å². The molecule has 1 aliphatic rings. The molecule has 1 aromatic heterocycles. The number of nitrogens with zero attached hydrogens (tertiary/aromatic N) is 1. The van der Waals surface area contributed by atoms with Crippen molar-refractivity contribution >= 4 is 33.8 Å². The first kappa shape index (κ1) is 31.7. The molecule has 6 N–H and O–H groups in total. The topological polar surface area (TPSA) is 222 Å². The van der Waals surface area contributed by atoms with Crippen LogP contribution in [0.5, 0.6) is 0 Å². The molecule has 2 amide bonds. The number of aryl methyl sites for hydroxylation is 2. The minimum atomic E-state index is -4.27. The van der Waals surface area contributed by atoms with E-state index in [1.165, 1.54) is 13.8 Å². The maximum absolute atomic E-state index is 12.6. The van der Waals surface area contributed by atoms with E-state index in [4.69, 9.17) is 19.5 Å². The van der Waals surface area contributed by atoms with Crippen LogP contribution in [0.1, 0.15) is 62.2 Å². The first-order chi connectivity index (χ1) is 19.1. The van der Waals surface area contributed by atoms with Crippen LogP contribution in [0.15, 0.2) is 33.7 Å². The van der Waals surface area contributed by atoms with Gasteiger partial charge in [0.1, 0.15) is 28.1 Å². The Hall–Kier alpha value is -3.86. The molecule has 1 aromatic carbocycles. The standard InChI is InChI=1S/C25H34N6O9S/c1-13-21(14(2)39-29-13)41(36,37)31-19(23(33)34)12-27-20(32)11-17-10-18(30-40-17)15-6-8-16(9-7-15)22(26)28-24(35)38-25(3,4)5/h6-9,17-19,30-31H,10-12H2,1-5H3,(H,27,32)(H,33,34)(H2,26,28,35)/t17-,18+,19+/m1/s1. The van der Waals surface area contributed by atoms with E-state index in [1.54, 1.807) is 45.0 Å². The van der Waals surface area contributed by atoms with Crippen molar-refractivity contribution in [2.24, 2.45) is 0 Å². The van der Waals surface area contributed by atoms with Crippen molar-refractivity contribution in [3.63, 3.8) is 0 Å². The van der Waals surface area contributed by atoms with Crippen LogP contribution in [0, 0.1) is 19.3 Å². The Kier molecular flexibility index (Phi) is 9.85. The molecule has 224 valence electrons. The summed E-state index contributed by atoms with van der Waals surface area (Å²) in [6, 6.07) is 4.94. The molecular weight excluding hydrogens is 560 g/mol. The minimum absolute atomic E-state index is 0.00832. The third-order valence-electron chi connectivity index (χ3n) is 5.85. The number of hydrogen-bond acceptors (Lipinski definition) is 11. The Morgan fingerprint density at radius 3 is 2.44 bits per heavy atom. The molecule has 0 spiro atoms. The fourth-order valence-corrected chi connectivity index (χ4v) is 5.52. The number of aromatic nitrogens is 1. The van der Waals surface area contributed by atoms with Gasteiger partial charge < -0.3 is 19.7 Å². The molecule has 1 aliphatic heterocycles. The number of hydrogen-bond donors (Lipinski definition) is 6. The molecule has 3 rings (SSSR count). The molecule has 1 fully saturated rings. The fraction of sp³-hybridized carbons (Fsp3) is 0.480. The van der Waals surface area contributed by atoms with E-state index in [1.807, 2.05) is 0 Å². The summed E-state index contributed by atoms with van der Waals surface area (Å²) >= 11 is 0. The van der Waals surface area contributed by atoms with Gasteiger partial charge >= 0.3 is 12.1 Å². The summed E-state index contributed by atoms with van der Waals surface area (Å²) in [4.78, 5) is 41.3. The lowest BCUT2D eigenvalue weighted by atomic mass is 9.99. The SMILES string of the molecule is Cc1noc(C)c1S(=O)(=O)N[C@@H](CNC(=O)C[C@H]1C[C@@H](c2ccc(C(=N)NC(=O)OC(C)(C)C)cc2)NO1)C(=O)O. The van der Waals surface area contributed by atoms with E-state index in [-0.39, 0.29) is 34.6 Å². The summed E-state index contributed by atoms with van der Waals surface area (Å²) in [5.41, 5.74) is 3.52. The average molecular weight is 595 g/mol. The second-order valence-electron chi connectivity index (χ2n) is 10.4. The number of rotatable bonds is 10. The molecule has 2 heterocycles. The predicted molar refractivity (Wildman–Crippen MR) is 143 cm³/mol. The third-order valence-corrected chi connectivity index (χ3v) is 7.57. The highest BCUT2D eigenvalue weighted by atomic mass is 32.2. The average Bonchev–Trinajstić information content (AvgIpc) is 3.46. The van der Waals surface area contributed by atoms with Crippen LogP contribution in [0.4, 0.5) is 4.79 Å². The van der Waals surface area contributed by atoms with Gasteiger partial charge in [0.05, 0.1) is 18.6 Å². The van der Waals surface area contributed by atoms with Crippen LogP contribution in [-0.2, 0) is 29.2 Å². The molecule has 0 bridgehead atoms. The van der Waals surface area contributed by atoms with Crippen molar-refractivity contribution < 1.29 is 42.0 Å². The number of amidine groups is 1. The molecule has 0 saturated carbocycles. The molecule has 41 heavy (non-hydrogen) atoms. The number of hydroxylamine groups is 1. The normalized spacial score (nSPS) is 18.0. The van der Waals surface area contributed by atoms with Crippen molar-refractivity contribution in [1.29, 1.82) is 5.41 Å². The van der Waals surface area contributed by atoms with Gasteiger partial charge in [-0.1, -0.05) is 29.4 Å². The lowest BCUT2D eigenvalue weighted by Gasteiger charge is -2.20. The summed E-state index contributed by atoms with van der Waals surface area (Å²) in [6.07, 6.45) is -0.948. The van der Waals surface area contributed by atoms with E-state index in [2.05, 4.69) is 26.0 Å². The second kappa shape index (κ2) is 12.8. The maximum atomic E-state index is 12.6. The molecule has 15 nitrogen and oxygen atoms in total. The van der Waals surface area contributed by atoms with Crippen LogP contribution in [0.25, 0.3) is 0 Å². The second-order valence-corrected chi connectivity index (χ2v) is 12.1. The molecule has 2 aromatic rings. The van der Waals surface area contributed by atoms with E-state index in [0.717, 1.165) is 5.56 Å². The molecule has 0 unspecified atom stereocenters. The Bertz CT molecular complexity index is 1380.